The Hall–Kier alpha value is -3.63. The topological polar surface area (TPSA) is 146 Å². The first-order chi connectivity index (χ1) is 26.7. The Morgan fingerprint density at radius 2 is 1.65 bits per heavy atom. The maximum Gasteiger partial charge on any atom is 0.309 e. The minimum atomic E-state index is -1.17. The van der Waals surface area contributed by atoms with E-state index in [0.717, 1.165) is 75.7 Å². The van der Waals surface area contributed by atoms with Crippen LogP contribution in [0.3, 0.4) is 0 Å². The third-order valence-corrected chi connectivity index (χ3v) is 16.8. The fourth-order valence-corrected chi connectivity index (χ4v) is 13.7. The number of esters is 1. The highest BCUT2D eigenvalue weighted by atomic mass is 16.5. The number of carbonyl (C=O) groups is 3. The van der Waals surface area contributed by atoms with Gasteiger partial charge >= 0.3 is 11.9 Å². The van der Waals surface area contributed by atoms with Crippen LogP contribution < -0.4 is 4.74 Å². The van der Waals surface area contributed by atoms with E-state index in [4.69, 9.17) is 14.6 Å². The maximum absolute atomic E-state index is 14.3. The van der Waals surface area contributed by atoms with E-state index in [9.17, 15) is 19.5 Å². The van der Waals surface area contributed by atoms with Gasteiger partial charge in [-0.2, -0.15) is 0 Å². The van der Waals surface area contributed by atoms with Crippen molar-refractivity contribution in [3.63, 3.8) is 0 Å². The fraction of sp³-hybridized carbons (Fsp3) is 0.761. The van der Waals surface area contributed by atoms with Crippen LogP contribution in [0.1, 0.15) is 146 Å². The number of hydrogen-bond acceptors (Lipinski definition) is 9. The molecule has 0 aliphatic heterocycles. The second-order valence-corrected chi connectivity index (χ2v) is 20.9. The van der Waals surface area contributed by atoms with E-state index in [1.165, 1.54) is 5.57 Å². The number of methoxy groups -OCH3 is 1. The molecule has 0 unspecified atom stereocenters. The number of hydrogen-bond donors (Lipinski definition) is 1. The van der Waals surface area contributed by atoms with Gasteiger partial charge in [0.2, 0.25) is 5.82 Å². The highest BCUT2D eigenvalue weighted by Crippen LogP contribution is 2.77. The minimum absolute atomic E-state index is 0.0164. The predicted molar refractivity (Wildman–Crippen MR) is 217 cm³/mol. The number of carbonyl (C=O) groups excluding carboxylic acids is 2. The highest BCUT2D eigenvalue weighted by Gasteiger charge is 2.70. The summed E-state index contributed by atoms with van der Waals surface area (Å²) < 4.78 is 13.7. The lowest BCUT2D eigenvalue weighted by Gasteiger charge is -2.72. The fourth-order valence-electron chi connectivity index (χ4n) is 13.7. The van der Waals surface area contributed by atoms with E-state index in [1.54, 1.807) is 33.4 Å². The van der Waals surface area contributed by atoms with Crippen molar-refractivity contribution >= 4 is 17.7 Å². The lowest BCUT2D eigenvalue weighted by molar-refractivity contribution is -0.233. The number of ketones is 1. The molecule has 57 heavy (non-hydrogen) atoms. The number of Topliss-reactive ketones (excluding diaryl/α,β-unsaturated/α-hetero) is 1. The van der Waals surface area contributed by atoms with Crippen LogP contribution in [-0.2, 0) is 32.1 Å². The summed E-state index contributed by atoms with van der Waals surface area (Å²) in [6.45, 7) is 22.8. The molecule has 0 amide bonds. The first-order valence-corrected chi connectivity index (χ1v) is 21.7. The zero-order valence-electron chi connectivity index (χ0n) is 36.5. The van der Waals surface area contributed by atoms with Crippen LogP contribution in [0.15, 0.2) is 23.5 Å². The van der Waals surface area contributed by atoms with Crippen LogP contribution >= 0.6 is 0 Å². The second kappa shape index (κ2) is 14.3. The number of aliphatic carboxylic acids is 1. The second-order valence-electron chi connectivity index (χ2n) is 20.9. The lowest BCUT2D eigenvalue weighted by Crippen LogP contribution is -2.65. The minimum Gasteiger partial charge on any atom is -0.494 e. The van der Waals surface area contributed by atoms with Gasteiger partial charge in [-0.25, -0.2) is 9.97 Å². The van der Waals surface area contributed by atoms with Gasteiger partial charge in [0.15, 0.2) is 17.4 Å². The van der Waals surface area contributed by atoms with E-state index < -0.39 is 17.4 Å². The number of carboxylic acids is 1. The van der Waals surface area contributed by atoms with Crippen molar-refractivity contribution in [1.29, 1.82) is 0 Å². The van der Waals surface area contributed by atoms with Crippen LogP contribution in [0.4, 0.5) is 0 Å². The van der Waals surface area contributed by atoms with Gasteiger partial charge in [-0.05, 0) is 117 Å². The van der Waals surface area contributed by atoms with Gasteiger partial charge in [0, 0.05) is 30.2 Å². The molecule has 2 aromatic heterocycles. The van der Waals surface area contributed by atoms with Gasteiger partial charge < -0.3 is 19.1 Å². The molecule has 0 radical (unpaired) electrons. The molecule has 8 atom stereocenters. The Balaban J connectivity index is 1.20. The average molecular weight is 786 g/mol. The smallest absolute Gasteiger partial charge is 0.309 e. The SMILES string of the molecule is CCCn1c(C[C@@]23CC[C@]4(C)[C@H](CC[C@@H]5[C@@]6(C)CC[C@H](OC(=O)CC(C)(C)C(=O)O)C(C)(C)[C@@H]6CC[C@]54C)C2=C(C(C)C)C(=O)C3)nnc1-c1ncc(OC)cn1. The number of carboxylic acid groups (broad SMARTS) is 1. The third kappa shape index (κ3) is 6.37. The molecule has 2 aromatic rings. The summed E-state index contributed by atoms with van der Waals surface area (Å²) in [6, 6.07) is 0. The van der Waals surface area contributed by atoms with E-state index in [2.05, 4.69) is 75.0 Å². The van der Waals surface area contributed by atoms with Gasteiger partial charge in [0.25, 0.3) is 0 Å². The molecule has 7 rings (SSSR count). The van der Waals surface area contributed by atoms with Crippen molar-refractivity contribution in [3.05, 3.63) is 29.4 Å². The number of rotatable bonds is 11. The molecular weight excluding hydrogens is 719 g/mol. The molecule has 11 nitrogen and oxygen atoms in total. The van der Waals surface area contributed by atoms with Gasteiger partial charge in [0.1, 0.15) is 11.9 Å². The summed E-state index contributed by atoms with van der Waals surface area (Å²) in [5.74, 6) is 2.91. The number of fused-ring (bicyclic) bond motifs is 7. The lowest BCUT2D eigenvalue weighted by atomic mass is 9.33. The van der Waals surface area contributed by atoms with Crippen molar-refractivity contribution in [1.82, 2.24) is 24.7 Å². The molecule has 0 spiro atoms. The highest BCUT2D eigenvalue weighted by molar-refractivity contribution is 6.00. The zero-order valence-corrected chi connectivity index (χ0v) is 36.5. The first kappa shape index (κ1) is 41.5. The average Bonchev–Trinajstić information content (AvgIpc) is 3.66. The maximum atomic E-state index is 14.3. The summed E-state index contributed by atoms with van der Waals surface area (Å²) >= 11 is 0. The molecule has 0 aromatic carbocycles. The Morgan fingerprint density at radius 3 is 2.28 bits per heavy atom. The molecule has 11 heteroatoms. The Morgan fingerprint density at radius 1 is 0.947 bits per heavy atom. The molecule has 5 aliphatic carbocycles. The van der Waals surface area contributed by atoms with E-state index in [-0.39, 0.29) is 45.5 Å². The summed E-state index contributed by atoms with van der Waals surface area (Å²) in [6.07, 6.45) is 13.2. The van der Waals surface area contributed by atoms with Crippen LogP contribution in [0.5, 0.6) is 5.75 Å². The number of aromatic nitrogens is 5. The van der Waals surface area contributed by atoms with Gasteiger partial charge in [-0.3, -0.25) is 14.4 Å². The molecular formula is C46H67N5O6. The van der Waals surface area contributed by atoms with Crippen molar-refractivity contribution in [2.75, 3.05) is 7.11 Å². The zero-order chi connectivity index (χ0) is 41.5. The first-order valence-electron chi connectivity index (χ1n) is 21.7. The van der Waals surface area contributed by atoms with Crippen molar-refractivity contribution < 1.29 is 29.0 Å². The normalized spacial score (nSPS) is 34.6. The summed E-state index contributed by atoms with van der Waals surface area (Å²) in [5.41, 5.74) is 0.953. The summed E-state index contributed by atoms with van der Waals surface area (Å²) in [5, 5.41) is 19.1. The molecule has 1 N–H and O–H groups in total. The summed E-state index contributed by atoms with van der Waals surface area (Å²) in [4.78, 5) is 48.4. The Kier molecular flexibility index (Phi) is 10.4. The third-order valence-electron chi connectivity index (χ3n) is 16.8. The Bertz CT molecular complexity index is 1950. The molecule has 4 fully saturated rings. The Labute approximate surface area is 339 Å². The van der Waals surface area contributed by atoms with Gasteiger partial charge in [-0.1, -0.05) is 61.0 Å². The molecule has 312 valence electrons. The van der Waals surface area contributed by atoms with E-state index in [0.29, 0.717) is 53.8 Å². The number of allylic oxidation sites excluding steroid dienone is 2. The van der Waals surface area contributed by atoms with Crippen LogP contribution in [-0.4, -0.2) is 60.8 Å². The number of ether oxygens (including phenoxy) is 2. The summed E-state index contributed by atoms with van der Waals surface area (Å²) in [7, 11) is 1.60. The van der Waals surface area contributed by atoms with E-state index >= 15 is 0 Å². The van der Waals surface area contributed by atoms with Crippen molar-refractivity contribution in [2.24, 2.45) is 56.2 Å². The monoisotopic (exact) mass is 786 g/mol. The molecule has 4 saturated carbocycles. The van der Waals surface area contributed by atoms with Crippen LogP contribution in [0.25, 0.3) is 11.6 Å². The van der Waals surface area contributed by atoms with Crippen LogP contribution in [0.2, 0.25) is 0 Å². The standard InChI is InChI=1S/C46H67N5O6/c1-12-21-51-34(49-50-39(51)38-47-25-28(56-11)26-48-38)23-46-20-19-44(9)29(37(46)36(27(2)3)30(52)22-46)13-14-32-43(8)17-16-33(57-35(53)24-41(4,5)40(54)55)42(6,7)31(43)15-18-45(32,44)10/h25-27,29,31-33H,12-24H2,1-11H3,(H,54,55)/t29-,31+,32-,33+,43+,44-,45-,46+/m1/s1. The van der Waals surface area contributed by atoms with Crippen LogP contribution in [0, 0.1) is 56.2 Å². The van der Waals surface area contributed by atoms with Crippen molar-refractivity contribution in [2.45, 2.75) is 159 Å². The van der Waals surface area contributed by atoms with Gasteiger partial charge in [0.05, 0.1) is 31.3 Å². The molecule has 0 bridgehead atoms. The van der Waals surface area contributed by atoms with E-state index in [1.807, 2.05) is 0 Å². The van der Waals surface area contributed by atoms with Crippen molar-refractivity contribution in [3.8, 4) is 17.4 Å². The molecule has 0 saturated heterocycles. The largest absolute Gasteiger partial charge is 0.494 e. The number of nitrogens with zero attached hydrogens (tertiary/aromatic N) is 5. The van der Waals surface area contributed by atoms with Gasteiger partial charge in [-0.15, -0.1) is 10.2 Å². The quantitative estimate of drug-likeness (QED) is 0.219. The molecule has 2 heterocycles. The predicted octanol–water partition coefficient (Wildman–Crippen LogP) is 9.09. The molecule has 5 aliphatic rings.